The average molecular weight is 485 g/mol. The SMILES string of the molecule is CCCCOc1ccc(C2C(C#N)=C(N)Oc3cc(OC(=O)Cc4ccc(OC)cc4)ccc32)cc1. The van der Waals surface area contributed by atoms with Crippen LogP contribution in [0.15, 0.2) is 78.2 Å². The van der Waals surface area contributed by atoms with Crippen LogP contribution >= 0.6 is 0 Å². The minimum absolute atomic E-state index is 0.0278. The fourth-order valence-corrected chi connectivity index (χ4v) is 4.01. The van der Waals surface area contributed by atoms with Crippen LogP contribution in [0.25, 0.3) is 0 Å². The van der Waals surface area contributed by atoms with Crippen molar-refractivity contribution in [2.75, 3.05) is 13.7 Å². The highest BCUT2D eigenvalue weighted by molar-refractivity contribution is 5.75. The summed E-state index contributed by atoms with van der Waals surface area (Å²) in [6.45, 7) is 2.77. The molecule has 3 aromatic rings. The number of methoxy groups -OCH3 is 1. The zero-order chi connectivity index (χ0) is 25.5. The second kappa shape index (κ2) is 11.3. The van der Waals surface area contributed by atoms with Crippen molar-refractivity contribution in [3.8, 4) is 29.1 Å². The number of nitrogens with two attached hydrogens (primary N) is 1. The standard InChI is InChI=1S/C29H28N2O5/c1-3-4-15-34-22-11-7-20(8-12-22)28-24-14-13-23(17-26(24)36-29(31)25(28)18-30)35-27(32)16-19-5-9-21(33-2)10-6-19/h5-14,17,28H,3-4,15-16,31H2,1-2H3. The number of unbranched alkanes of at least 4 members (excludes halogenated alkanes) is 1. The van der Waals surface area contributed by atoms with E-state index < -0.39 is 11.9 Å². The normalized spacial score (nSPS) is 14.3. The number of rotatable bonds is 9. The Morgan fingerprint density at radius 1 is 1.03 bits per heavy atom. The van der Waals surface area contributed by atoms with Crippen LogP contribution in [0.4, 0.5) is 0 Å². The molecule has 7 nitrogen and oxygen atoms in total. The topological polar surface area (TPSA) is 104 Å². The van der Waals surface area contributed by atoms with E-state index in [1.165, 1.54) is 0 Å². The number of esters is 1. The molecule has 0 amide bonds. The van der Waals surface area contributed by atoms with Crippen LogP contribution in [0.5, 0.6) is 23.0 Å². The van der Waals surface area contributed by atoms with Crippen LogP contribution in [-0.2, 0) is 11.2 Å². The maximum absolute atomic E-state index is 12.5. The molecule has 0 fully saturated rings. The predicted octanol–water partition coefficient (Wildman–Crippen LogP) is 5.24. The number of ether oxygens (including phenoxy) is 4. The van der Waals surface area contributed by atoms with E-state index in [-0.39, 0.29) is 12.3 Å². The van der Waals surface area contributed by atoms with Gasteiger partial charge in [-0.2, -0.15) is 5.26 Å². The summed E-state index contributed by atoms with van der Waals surface area (Å²) >= 11 is 0. The van der Waals surface area contributed by atoms with E-state index in [0.717, 1.165) is 41.0 Å². The van der Waals surface area contributed by atoms with Gasteiger partial charge in [-0.15, -0.1) is 0 Å². The number of benzene rings is 3. The Balaban J connectivity index is 1.53. The second-order valence-corrected chi connectivity index (χ2v) is 8.39. The zero-order valence-electron chi connectivity index (χ0n) is 20.3. The van der Waals surface area contributed by atoms with E-state index in [1.54, 1.807) is 37.4 Å². The smallest absolute Gasteiger partial charge is 0.315 e. The maximum atomic E-state index is 12.5. The first-order chi connectivity index (χ1) is 17.5. The van der Waals surface area contributed by atoms with Gasteiger partial charge in [0.05, 0.1) is 26.1 Å². The Morgan fingerprint density at radius 3 is 2.39 bits per heavy atom. The molecule has 0 spiro atoms. The number of hydrogen-bond donors (Lipinski definition) is 1. The van der Waals surface area contributed by atoms with Crippen molar-refractivity contribution in [2.45, 2.75) is 32.1 Å². The summed E-state index contributed by atoms with van der Waals surface area (Å²) in [5.41, 5.74) is 8.89. The third kappa shape index (κ3) is 5.61. The van der Waals surface area contributed by atoms with E-state index in [4.69, 9.17) is 24.7 Å². The van der Waals surface area contributed by atoms with Gasteiger partial charge in [0.1, 0.15) is 34.6 Å². The van der Waals surface area contributed by atoms with Gasteiger partial charge < -0.3 is 24.7 Å². The Morgan fingerprint density at radius 2 is 1.72 bits per heavy atom. The lowest BCUT2D eigenvalue weighted by atomic mass is 9.83. The number of nitrogens with zero attached hydrogens (tertiary/aromatic N) is 1. The number of fused-ring (bicyclic) bond motifs is 1. The lowest BCUT2D eigenvalue weighted by molar-refractivity contribution is -0.133. The number of nitriles is 1. The van der Waals surface area contributed by atoms with Crippen molar-refractivity contribution in [2.24, 2.45) is 5.73 Å². The average Bonchev–Trinajstić information content (AvgIpc) is 2.89. The van der Waals surface area contributed by atoms with E-state index in [9.17, 15) is 10.1 Å². The van der Waals surface area contributed by atoms with Gasteiger partial charge in [0, 0.05) is 11.6 Å². The van der Waals surface area contributed by atoms with Gasteiger partial charge in [-0.25, -0.2) is 0 Å². The number of carbonyl (C=O) groups excluding carboxylic acids is 1. The highest BCUT2D eigenvalue weighted by Crippen LogP contribution is 2.43. The van der Waals surface area contributed by atoms with Crippen LogP contribution < -0.4 is 24.7 Å². The Hall–Kier alpha value is -4.44. The van der Waals surface area contributed by atoms with Crippen LogP contribution in [0.3, 0.4) is 0 Å². The number of carbonyl (C=O) groups is 1. The summed E-state index contributed by atoms with van der Waals surface area (Å²) < 4.78 is 22.2. The summed E-state index contributed by atoms with van der Waals surface area (Å²) in [4.78, 5) is 12.5. The largest absolute Gasteiger partial charge is 0.497 e. The minimum atomic E-state index is -0.410. The number of hydrogen-bond acceptors (Lipinski definition) is 7. The molecular weight excluding hydrogens is 456 g/mol. The summed E-state index contributed by atoms with van der Waals surface area (Å²) in [7, 11) is 1.59. The summed E-state index contributed by atoms with van der Waals surface area (Å²) in [6, 6.07) is 22.1. The third-order valence-corrected chi connectivity index (χ3v) is 5.91. The quantitative estimate of drug-likeness (QED) is 0.252. The van der Waals surface area contributed by atoms with Gasteiger partial charge in [-0.3, -0.25) is 4.79 Å². The molecule has 0 bridgehead atoms. The molecule has 1 heterocycles. The first kappa shape index (κ1) is 24.7. The molecule has 1 aliphatic rings. The maximum Gasteiger partial charge on any atom is 0.315 e. The molecule has 0 aromatic heterocycles. The van der Waals surface area contributed by atoms with Crippen molar-refractivity contribution in [3.63, 3.8) is 0 Å². The van der Waals surface area contributed by atoms with Gasteiger partial charge in [-0.1, -0.05) is 43.7 Å². The molecule has 184 valence electrons. The summed E-state index contributed by atoms with van der Waals surface area (Å²) in [5, 5.41) is 9.79. The highest BCUT2D eigenvalue weighted by Gasteiger charge is 2.31. The number of allylic oxidation sites excluding steroid dienone is 1. The van der Waals surface area contributed by atoms with Gasteiger partial charge in [0.25, 0.3) is 0 Å². The van der Waals surface area contributed by atoms with Crippen LogP contribution in [0, 0.1) is 11.3 Å². The third-order valence-electron chi connectivity index (χ3n) is 5.91. The zero-order valence-corrected chi connectivity index (χ0v) is 20.3. The lowest BCUT2D eigenvalue weighted by Gasteiger charge is -2.26. The van der Waals surface area contributed by atoms with E-state index >= 15 is 0 Å². The van der Waals surface area contributed by atoms with Crippen LogP contribution in [0.1, 0.15) is 42.4 Å². The fraction of sp³-hybridized carbons (Fsp3) is 0.241. The van der Waals surface area contributed by atoms with Crippen LogP contribution in [-0.4, -0.2) is 19.7 Å². The molecule has 3 aromatic carbocycles. The Bertz CT molecular complexity index is 1290. The predicted molar refractivity (Wildman–Crippen MR) is 135 cm³/mol. The van der Waals surface area contributed by atoms with Gasteiger partial charge in [-0.05, 0) is 47.9 Å². The molecule has 0 radical (unpaired) electrons. The van der Waals surface area contributed by atoms with Crippen molar-refractivity contribution >= 4 is 5.97 Å². The minimum Gasteiger partial charge on any atom is -0.497 e. The molecule has 1 aliphatic heterocycles. The fourth-order valence-electron chi connectivity index (χ4n) is 4.01. The Labute approximate surface area is 210 Å². The molecule has 0 saturated heterocycles. The monoisotopic (exact) mass is 484 g/mol. The molecule has 0 aliphatic carbocycles. The molecule has 2 N–H and O–H groups in total. The lowest BCUT2D eigenvalue weighted by Crippen LogP contribution is -2.21. The van der Waals surface area contributed by atoms with Crippen molar-refractivity contribution in [1.29, 1.82) is 5.26 Å². The van der Waals surface area contributed by atoms with E-state index in [2.05, 4.69) is 13.0 Å². The summed E-state index contributed by atoms with van der Waals surface area (Å²) in [6.07, 6.45) is 2.16. The first-order valence-electron chi connectivity index (χ1n) is 11.8. The second-order valence-electron chi connectivity index (χ2n) is 8.39. The van der Waals surface area contributed by atoms with Gasteiger partial charge in [0.15, 0.2) is 0 Å². The highest BCUT2D eigenvalue weighted by atomic mass is 16.5. The molecule has 4 rings (SSSR count). The molecule has 7 heteroatoms. The molecule has 1 atom stereocenters. The molecule has 1 unspecified atom stereocenters. The van der Waals surface area contributed by atoms with Gasteiger partial charge >= 0.3 is 5.97 Å². The van der Waals surface area contributed by atoms with Gasteiger partial charge in [0.2, 0.25) is 5.88 Å². The Kier molecular flexibility index (Phi) is 7.76. The van der Waals surface area contributed by atoms with Crippen molar-refractivity contribution in [3.05, 3.63) is 94.9 Å². The molecular formula is C29H28N2O5. The summed E-state index contributed by atoms with van der Waals surface area (Å²) in [5.74, 6) is 1.47. The molecule has 0 saturated carbocycles. The van der Waals surface area contributed by atoms with Crippen molar-refractivity contribution < 1.29 is 23.7 Å². The van der Waals surface area contributed by atoms with E-state index in [1.807, 2.05) is 36.4 Å². The van der Waals surface area contributed by atoms with E-state index in [0.29, 0.717) is 23.7 Å². The van der Waals surface area contributed by atoms with Crippen LogP contribution in [0.2, 0.25) is 0 Å². The van der Waals surface area contributed by atoms with Crippen molar-refractivity contribution in [1.82, 2.24) is 0 Å². The molecule has 36 heavy (non-hydrogen) atoms. The first-order valence-corrected chi connectivity index (χ1v) is 11.8.